The summed E-state index contributed by atoms with van der Waals surface area (Å²) >= 11 is 0. The van der Waals surface area contributed by atoms with Gasteiger partial charge in [-0.3, -0.25) is 0 Å². The Bertz CT molecular complexity index is 3460. The molecule has 0 radical (unpaired) electrons. The molecule has 0 aliphatic carbocycles. The molecule has 8 amide bonds. The van der Waals surface area contributed by atoms with Crippen molar-refractivity contribution >= 4 is 93.2 Å². The molecule has 7 aromatic rings. The number of para-hydroxylation sites is 4. The lowest BCUT2D eigenvalue weighted by atomic mass is 10.0. The van der Waals surface area contributed by atoms with Crippen LogP contribution in [0.15, 0.2) is 121 Å². The molecule has 4 aromatic carbocycles. The average Bonchev–Trinajstić information content (AvgIpc) is 1.76. The van der Waals surface area contributed by atoms with Gasteiger partial charge in [0, 0.05) is 115 Å². The van der Waals surface area contributed by atoms with Crippen LogP contribution in [0.4, 0.5) is 41.9 Å². The lowest BCUT2D eigenvalue weighted by molar-refractivity contribution is 0.177. The Labute approximate surface area is 518 Å². The molecule has 9 rings (SSSR count). The first kappa shape index (κ1) is 63.1. The summed E-state index contributed by atoms with van der Waals surface area (Å²) < 4.78 is 0. The van der Waals surface area contributed by atoms with Crippen LogP contribution in [0.5, 0.6) is 0 Å². The van der Waals surface area contributed by atoms with Crippen LogP contribution < -0.4 is 21.3 Å². The summed E-state index contributed by atoms with van der Waals surface area (Å²) in [5.41, 5.74) is 13.1. The Morgan fingerprint density at radius 3 is 0.659 bits per heavy atom. The number of amides is 8. The lowest BCUT2D eigenvalue weighted by Gasteiger charge is -2.31. The Morgan fingerprint density at radius 1 is 0.295 bits per heavy atom. The van der Waals surface area contributed by atoms with Crippen LogP contribution in [0.1, 0.15) is 134 Å². The van der Waals surface area contributed by atoms with E-state index in [1.807, 2.05) is 276 Å². The van der Waals surface area contributed by atoms with E-state index in [-0.39, 0.29) is 72.5 Å². The van der Waals surface area contributed by atoms with Gasteiger partial charge in [-0.05, 0) is 184 Å². The number of hydrogen-bond donors (Lipinski definition) is 6. The van der Waals surface area contributed by atoms with E-state index in [9.17, 15) is 19.2 Å². The van der Waals surface area contributed by atoms with Crippen LogP contribution in [0, 0.1) is 0 Å². The maximum Gasteiger partial charge on any atom is 0.322 e. The molecule has 16 heteroatoms. The third-order valence-electron chi connectivity index (χ3n) is 15.9. The van der Waals surface area contributed by atoms with Gasteiger partial charge in [0.25, 0.3) is 0 Å². The maximum absolute atomic E-state index is 14.4. The first-order chi connectivity index (χ1) is 41.9. The normalized spacial score (nSPS) is 12.1. The molecular formula is C72H86N12O4. The second-order valence-corrected chi connectivity index (χ2v) is 24.8. The standard InChI is InChI=1S/C72H86N12O4/c1-41(2)81(42(3)4)69(85)77-53-29-21-17-25-49(53)65-57-33-35-59(73-57)66(50-26-18-22-30-54(50)78-70(86)82(43(5)6)44(7)8)61-37-39-63(75-61)68(52-28-20-24-32-56(52)80-72(88)84(47(13)14)48(15)16)64-40-38-62(76-64)67(60-36-34-58(65)74-60)51-27-19-23-31-55(51)79-71(87)83(45(9)10)46(11)12/h17-48,73,76H,1-16H3,(H,77,85)(H,78,86)(H,79,87)(H,80,88). The highest BCUT2D eigenvalue weighted by Gasteiger charge is 2.29. The maximum atomic E-state index is 14.4. The van der Waals surface area contributed by atoms with Gasteiger partial charge in [-0.1, -0.05) is 72.8 Å². The number of carbonyl (C=O) groups is 4. The average molecular weight is 1180 g/mol. The van der Waals surface area contributed by atoms with Crippen molar-refractivity contribution in [3.05, 3.63) is 144 Å². The molecule has 6 N–H and O–H groups in total. The summed E-state index contributed by atoms with van der Waals surface area (Å²) in [6.07, 6.45) is 7.96. The SMILES string of the molecule is CC(C)N(C(=O)Nc1ccccc1-c1c2nc(c(-c3ccccc3NC(=O)N(C(C)C)C(C)C)c3ccc([nH]3)c(-c3ccccc3NC(=O)N(C(C)C)C(C)C)c3nc(c(-c4ccccc4NC(=O)N(C(C)C)C(C)C)c4ccc1[nH]4)C=C3)C=C2)C(C)C. The van der Waals surface area contributed by atoms with Gasteiger partial charge in [-0.2, -0.15) is 0 Å². The number of benzene rings is 4. The fourth-order valence-electron chi connectivity index (χ4n) is 12.6. The van der Waals surface area contributed by atoms with E-state index in [2.05, 4.69) is 31.2 Å². The third kappa shape index (κ3) is 13.1. The number of urea groups is 4. The molecule has 0 unspecified atom stereocenters. The predicted octanol–water partition coefficient (Wildman–Crippen LogP) is 17.9. The summed E-state index contributed by atoms with van der Waals surface area (Å²) in [7, 11) is 0. The van der Waals surface area contributed by atoms with Gasteiger partial charge < -0.3 is 50.8 Å². The van der Waals surface area contributed by atoms with Crippen LogP contribution in [-0.4, -0.2) is 112 Å². The van der Waals surface area contributed by atoms with Gasteiger partial charge >= 0.3 is 24.1 Å². The molecule has 16 nitrogen and oxygen atoms in total. The zero-order chi connectivity index (χ0) is 63.4. The van der Waals surface area contributed by atoms with E-state index in [0.29, 0.717) is 112 Å². The van der Waals surface area contributed by atoms with Gasteiger partial charge in [0.1, 0.15) is 0 Å². The fraction of sp³-hybridized carbons (Fsp3) is 0.333. The quantitative estimate of drug-likeness (QED) is 0.0559. The molecule has 0 spiro atoms. The summed E-state index contributed by atoms with van der Waals surface area (Å²) in [4.78, 5) is 83.9. The van der Waals surface area contributed by atoms with Crippen LogP contribution >= 0.6 is 0 Å². The van der Waals surface area contributed by atoms with Gasteiger partial charge in [0.15, 0.2) is 0 Å². The molecule has 0 saturated heterocycles. The Kier molecular flexibility index (Phi) is 19.1. The number of aromatic amines is 2. The monoisotopic (exact) mass is 1180 g/mol. The number of carbonyl (C=O) groups excluding carboxylic acids is 4. The van der Waals surface area contributed by atoms with Crippen LogP contribution in [-0.2, 0) is 0 Å². The highest BCUT2D eigenvalue weighted by molar-refractivity contribution is 6.07. The molecule has 88 heavy (non-hydrogen) atoms. The van der Waals surface area contributed by atoms with Crippen LogP contribution in [0.2, 0.25) is 0 Å². The smallest absolute Gasteiger partial charge is 0.322 e. The number of H-pyrrole nitrogens is 2. The minimum atomic E-state index is -0.241. The van der Waals surface area contributed by atoms with E-state index < -0.39 is 0 Å². The van der Waals surface area contributed by atoms with Crippen molar-refractivity contribution in [1.29, 1.82) is 0 Å². The van der Waals surface area contributed by atoms with Crippen molar-refractivity contribution in [3.8, 4) is 44.5 Å². The summed E-state index contributed by atoms with van der Waals surface area (Å²) in [6.45, 7) is 32.1. The molecule has 5 heterocycles. The minimum absolute atomic E-state index is 0.0814. The number of fused-ring (bicyclic) bond motifs is 8. The van der Waals surface area contributed by atoms with Crippen LogP contribution in [0.25, 0.3) is 90.9 Å². The molecule has 0 saturated carbocycles. The highest BCUT2D eigenvalue weighted by Crippen LogP contribution is 2.43. The summed E-state index contributed by atoms with van der Waals surface area (Å²) in [5, 5.41) is 13.2. The van der Waals surface area contributed by atoms with Crippen LogP contribution in [0.3, 0.4) is 0 Å². The van der Waals surface area contributed by atoms with Crippen molar-refractivity contribution in [3.63, 3.8) is 0 Å². The van der Waals surface area contributed by atoms with E-state index in [1.165, 1.54) is 0 Å². The van der Waals surface area contributed by atoms with Gasteiger partial charge in [0.2, 0.25) is 0 Å². The number of aromatic nitrogens is 4. The van der Waals surface area contributed by atoms with E-state index in [4.69, 9.17) is 9.97 Å². The molecule has 2 aliphatic heterocycles. The zero-order valence-corrected chi connectivity index (χ0v) is 53.8. The molecule has 3 aromatic heterocycles. The Hall–Kier alpha value is -9.44. The van der Waals surface area contributed by atoms with Crippen molar-refractivity contribution in [2.24, 2.45) is 0 Å². The van der Waals surface area contributed by atoms with Gasteiger partial charge in [-0.15, -0.1) is 0 Å². The number of nitrogens with one attached hydrogen (secondary N) is 6. The van der Waals surface area contributed by atoms with E-state index in [1.54, 1.807) is 0 Å². The zero-order valence-electron chi connectivity index (χ0n) is 53.8. The number of anilines is 4. The Morgan fingerprint density at radius 2 is 0.477 bits per heavy atom. The van der Waals surface area contributed by atoms with E-state index in [0.717, 1.165) is 0 Å². The summed E-state index contributed by atoms with van der Waals surface area (Å²) in [5.74, 6) is 0. The van der Waals surface area contributed by atoms with E-state index >= 15 is 0 Å². The van der Waals surface area contributed by atoms with Crippen molar-refractivity contribution in [2.75, 3.05) is 21.3 Å². The topological polar surface area (TPSA) is 187 Å². The second-order valence-electron chi connectivity index (χ2n) is 24.8. The van der Waals surface area contributed by atoms with Crippen molar-refractivity contribution < 1.29 is 19.2 Å². The Balaban J connectivity index is 1.44. The molecule has 458 valence electrons. The molecule has 0 atom stereocenters. The van der Waals surface area contributed by atoms with Crippen molar-refractivity contribution in [2.45, 2.75) is 159 Å². The highest BCUT2D eigenvalue weighted by atomic mass is 16.2. The lowest BCUT2D eigenvalue weighted by Crippen LogP contribution is -2.44. The molecule has 2 aliphatic rings. The number of nitrogens with zero attached hydrogens (tertiary/aromatic N) is 6. The minimum Gasteiger partial charge on any atom is -0.354 e. The first-order valence-corrected chi connectivity index (χ1v) is 30.9. The number of hydrogen-bond acceptors (Lipinski definition) is 6. The first-order valence-electron chi connectivity index (χ1n) is 30.9. The largest absolute Gasteiger partial charge is 0.354 e. The molecular weight excluding hydrogens is 1100 g/mol. The predicted molar refractivity (Wildman–Crippen MR) is 365 cm³/mol. The van der Waals surface area contributed by atoms with Gasteiger partial charge in [-0.25, -0.2) is 29.1 Å². The van der Waals surface area contributed by atoms with Gasteiger partial charge in [0.05, 0.1) is 45.5 Å². The second kappa shape index (κ2) is 26.7. The fourth-order valence-corrected chi connectivity index (χ4v) is 12.6. The summed E-state index contributed by atoms with van der Waals surface area (Å²) in [6, 6.07) is 37.5. The molecule has 0 fully saturated rings. The van der Waals surface area contributed by atoms with Crippen molar-refractivity contribution in [1.82, 2.24) is 39.5 Å². The molecule has 8 bridgehead atoms. The third-order valence-corrected chi connectivity index (χ3v) is 15.9. The number of rotatable bonds is 16.